The van der Waals surface area contributed by atoms with Crippen molar-refractivity contribution in [1.82, 2.24) is 0 Å². The average molecular weight is 609 g/mol. The Kier molecular flexibility index (Phi) is 10.9. The van der Waals surface area contributed by atoms with Gasteiger partial charge in [0.05, 0.1) is 12.7 Å². The number of benzene rings is 2. The van der Waals surface area contributed by atoms with E-state index in [2.05, 4.69) is 0 Å². The van der Waals surface area contributed by atoms with Gasteiger partial charge in [-0.25, -0.2) is 4.79 Å². The van der Waals surface area contributed by atoms with Crippen LogP contribution in [0, 0.1) is 0 Å². The van der Waals surface area contributed by atoms with E-state index in [1.54, 1.807) is 18.2 Å². The molecule has 2 fully saturated rings. The summed E-state index contributed by atoms with van der Waals surface area (Å²) in [6.45, 7) is 0.888. The SMILES string of the molecule is CC1OC(OC2C(O)C(COC(=O)C=Cc3ccc(O)cc3)OC(OCCc3ccc(O)c(O)c3)C2O)C(O)C(O)C1O. The van der Waals surface area contributed by atoms with Gasteiger partial charge in [-0.1, -0.05) is 18.2 Å². The third-order valence-corrected chi connectivity index (χ3v) is 7.15. The first kappa shape index (κ1) is 32.6. The molecule has 10 atom stereocenters. The van der Waals surface area contributed by atoms with Crippen molar-refractivity contribution in [2.45, 2.75) is 74.8 Å². The van der Waals surface area contributed by atoms with Crippen LogP contribution in [0.2, 0.25) is 0 Å². The van der Waals surface area contributed by atoms with E-state index in [9.17, 15) is 45.6 Å². The van der Waals surface area contributed by atoms with Crippen LogP contribution in [0.15, 0.2) is 48.5 Å². The summed E-state index contributed by atoms with van der Waals surface area (Å²) in [5, 5.41) is 81.2. The van der Waals surface area contributed by atoms with Crippen molar-refractivity contribution in [2.24, 2.45) is 0 Å². The van der Waals surface area contributed by atoms with Gasteiger partial charge in [-0.15, -0.1) is 0 Å². The minimum absolute atomic E-state index is 0.0544. The maximum absolute atomic E-state index is 12.4. The molecule has 0 amide bonds. The average Bonchev–Trinajstić information content (AvgIpc) is 2.98. The van der Waals surface area contributed by atoms with E-state index in [-0.39, 0.29) is 30.3 Å². The van der Waals surface area contributed by atoms with Gasteiger partial charge >= 0.3 is 5.97 Å². The maximum atomic E-state index is 12.4. The smallest absolute Gasteiger partial charge is 0.330 e. The molecule has 0 aromatic heterocycles. The number of phenolic OH excluding ortho intramolecular Hbond substituents is 3. The minimum Gasteiger partial charge on any atom is -0.508 e. The summed E-state index contributed by atoms with van der Waals surface area (Å²) < 4.78 is 27.8. The van der Waals surface area contributed by atoms with Gasteiger partial charge in [-0.2, -0.15) is 0 Å². The molecule has 2 heterocycles. The third-order valence-electron chi connectivity index (χ3n) is 7.15. The number of aromatic hydroxyl groups is 3. The van der Waals surface area contributed by atoms with Gasteiger partial charge < -0.3 is 64.5 Å². The molecular weight excluding hydrogens is 572 g/mol. The zero-order chi connectivity index (χ0) is 31.3. The zero-order valence-corrected chi connectivity index (χ0v) is 23.1. The van der Waals surface area contributed by atoms with Gasteiger partial charge in [0.15, 0.2) is 24.1 Å². The van der Waals surface area contributed by atoms with E-state index >= 15 is 0 Å². The first-order valence-corrected chi connectivity index (χ1v) is 13.6. The Hall–Kier alpha value is -3.31. The number of aliphatic hydroxyl groups excluding tert-OH is 5. The molecule has 2 aliphatic heterocycles. The number of aliphatic hydroxyl groups is 5. The standard InChI is InChI=1S/C29H36O14/c1-14-22(34)24(36)25(37)29(41-14)43-27-23(35)20(13-40-21(33)9-5-15-2-6-17(30)7-3-15)42-28(26(27)38)39-11-10-16-4-8-18(31)19(32)12-16/h2-9,12,14,20,22-32,34-38H,10-11,13H2,1H3. The topological polar surface area (TPSA) is 225 Å². The highest BCUT2D eigenvalue weighted by molar-refractivity contribution is 5.87. The number of esters is 1. The quantitative estimate of drug-likeness (QED) is 0.0947. The number of ether oxygens (including phenoxy) is 5. The minimum atomic E-state index is -1.73. The maximum Gasteiger partial charge on any atom is 0.330 e. The molecule has 14 nitrogen and oxygen atoms in total. The lowest BCUT2D eigenvalue weighted by molar-refractivity contribution is -0.357. The second-order valence-corrected chi connectivity index (χ2v) is 10.3. The summed E-state index contributed by atoms with van der Waals surface area (Å²) in [4.78, 5) is 12.4. The van der Waals surface area contributed by atoms with Crippen LogP contribution < -0.4 is 0 Å². The fourth-order valence-corrected chi connectivity index (χ4v) is 4.60. The Morgan fingerprint density at radius 1 is 0.837 bits per heavy atom. The van der Waals surface area contributed by atoms with Crippen LogP contribution in [0.4, 0.5) is 0 Å². The Morgan fingerprint density at radius 3 is 2.26 bits per heavy atom. The molecule has 2 aromatic carbocycles. The van der Waals surface area contributed by atoms with Crippen LogP contribution in [-0.2, 0) is 34.9 Å². The summed E-state index contributed by atoms with van der Waals surface area (Å²) in [7, 11) is 0. The Balaban J connectivity index is 1.44. The Bertz CT molecular complexity index is 1240. The molecule has 0 bridgehead atoms. The highest BCUT2D eigenvalue weighted by Gasteiger charge is 2.50. The lowest BCUT2D eigenvalue weighted by atomic mass is 9.97. The largest absolute Gasteiger partial charge is 0.508 e. The van der Waals surface area contributed by atoms with Crippen LogP contribution >= 0.6 is 0 Å². The fourth-order valence-electron chi connectivity index (χ4n) is 4.60. The lowest BCUT2D eigenvalue weighted by Gasteiger charge is -2.45. The second kappa shape index (κ2) is 14.4. The molecule has 2 saturated heterocycles. The Morgan fingerprint density at radius 2 is 1.56 bits per heavy atom. The van der Waals surface area contributed by atoms with Crippen molar-refractivity contribution < 1.29 is 69.3 Å². The van der Waals surface area contributed by atoms with E-state index < -0.39 is 74.0 Å². The molecule has 0 spiro atoms. The van der Waals surface area contributed by atoms with Crippen molar-refractivity contribution >= 4 is 12.0 Å². The first-order valence-electron chi connectivity index (χ1n) is 13.6. The molecule has 2 aliphatic rings. The monoisotopic (exact) mass is 608 g/mol. The molecular formula is C29H36O14. The highest BCUT2D eigenvalue weighted by Crippen LogP contribution is 2.30. The van der Waals surface area contributed by atoms with Crippen molar-refractivity contribution in [2.75, 3.05) is 13.2 Å². The predicted octanol–water partition coefficient (Wildman–Crippen LogP) is -0.722. The van der Waals surface area contributed by atoms with Gasteiger partial charge in [-0.05, 0) is 54.8 Å². The molecule has 2 aromatic rings. The normalized spacial score (nSPS) is 33.0. The number of rotatable bonds is 10. The number of phenols is 3. The van der Waals surface area contributed by atoms with Crippen LogP contribution in [0.5, 0.6) is 17.2 Å². The molecule has 0 saturated carbocycles. The third kappa shape index (κ3) is 8.20. The van der Waals surface area contributed by atoms with Crippen molar-refractivity contribution in [1.29, 1.82) is 0 Å². The molecule has 236 valence electrons. The van der Waals surface area contributed by atoms with Gasteiger partial charge in [-0.3, -0.25) is 0 Å². The van der Waals surface area contributed by atoms with Gasteiger partial charge in [0, 0.05) is 6.08 Å². The van der Waals surface area contributed by atoms with Gasteiger partial charge in [0.2, 0.25) is 0 Å². The summed E-state index contributed by atoms with van der Waals surface area (Å²) >= 11 is 0. The van der Waals surface area contributed by atoms with E-state index in [0.29, 0.717) is 11.1 Å². The second-order valence-electron chi connectivity index (χ2n) is 10.3. The van der Waals surface area contributed by atoms with Crippen molar-refractivity contribution in [3.05, 3.63) is 59.7 Å². The molecule has 14 heteroatoms. The van der Waals surface area contributed by atoms with Crippen LogP contribution in [0.1, 0.15) is 18.1 Å². The number of hydrogen-bond donors (Lipinski definition) is 8. The van der Waals surface area contributed by atoms with Crippen molar-refractivity contribution in [3.8, 4) is 17.2 Å². The van der Waals surface area contributed by atoms with Gasteiger partial charge in [0.25, 0.3) is 0 Å². The predicted molar refractivity (Wildman–Crippen MR) is 145 cm³/mol. The summed E-state index contributed by atoms with van der Waals surface area (Å²) in [6.07, 6.45) is -12.0. The van der Waals surface area contributed by atoms with E-state index in [0.717, 1.165) is 6.08 Å². The molecule has 4 rings (SSSR count). The summed E-state index contributed by atoms with van der Waals surface area (Å²) in [5.74, 6) is -1.34. The van der Waals surface area contributed by atoms with E-state index in [1.165, 1.54) is 37.3 Å². The fraction of sp³-hybridized carbons (Fsp3) is 0.483. The molecule has 0 aliphatic carbocycles. The van der Waals surface area contributed by atoms with E-state index in [1.807, 2.05) is 0 Å². The van der Waals surface area contributed by atoms with Crippen LogP contribution in [0.25, 0.3) is 6.08 Å². The lowest BCUT2D eigenvalue weighted by Crippen LogP contribution is -2.64. The van der Waals surface area contributed by atoms with E-state index in [4.69, 9.17) is 23.7 Å². The highest BCUT2D eigenvalue weighted by atomic mass is 16.7. The van der Waals surface area contributed by atoms with Crippen LogP contribution in [-0.4, -0.2) is 121 Å². The number of carbonyl (C=O) groups is 1. The van der Waals surface area contributed by atoms with Gasteiger partial charge in [0.1, 0.15) is 55.1 Å². The summed E-state index contributed by atoms with van der Waals surface area (Å²) in [6, 6.07) is 10.2. The zero-order valence-electron chi connectivity index (χ0n) is 23.1. The summed E-state index contributed by atoms with van der Waals surface area (Å²) in [5.41, 5.74) is 1.21. The molecule has 8 N–H and O–H groups in total. The molecule has 10 unspecified atom stereocenters. The molecule has 43 heavy (non-hydrogen) atoms. The number of carbonyl (C=O) groups excluding carboxylic acids is 1. The van der Waals surface area contributed by atoms with Crippen LogP contribution in [0.3, 0.4) is 0 Å². The molecule has 0 radical (unpaired) electrons. The first-order chi connectivity index (χ1) is 20.4. The Labute approximate surface area is 246 Å². The van der Waals surface area contributed by atoms with Crippen molar-refractivity contribution in [3.63, 3.8) is 0 Å². The number of hydrogen-bond acceptors (Lipinski definition) is 14.